The summed E-state index contributed by atoms with van der Waals surface area (Å²) in [7, 11) is 3.36. The third-order valence-corrected chi connectivity index (χ3v) is 160. The molecule has 0 aliphatic carbocycles. The van der Waals surface area contributed by atoms with Crippen LogP contribution in [0.2, 0.25) is 34.5 Å². The van der Waals surface area contributed by atoms with Gasteiger partial charge >= 0.3 is 92.7 Å². The van der Waals surface area contributed by atoms with E-state index in [2.05, 4.69) is 59.8 Å². The van der Waals surface area contributed by atoms with Crippen molar-refractivity contribution < 1.29 is 0 Å². The van der Waals surface area contributed by atoms with Gasteiger partial charge in [0, 0.05) is 0 Å². The van der Waals surface area contributed by atoms with E-state index in [1.807, 2.05) is 0 Å². The van der Waals surface area contributed by atoms with Gasteiger partial charge in [-0.1, -0.05) is 0 Å². The van der Waals surface area contributed by atoms with Crippen LogP contribution >= 0.6 is 25.2 Å². The molecule has 1 aliphatic heterocycles. The van der Waals surface area contributed by atoms with Crippen LogP contribution in [-0.2, 0) is 0 Å². The summed E-state index contributed by atoms with van der Waals surface area (Å²) in [6.07, 6.45) is 0. The van der Waals surface area contributed by atoms with Crippen LogP contribution in [0.25, 0.3) is 0 Å². The van der Waals surface area contributed by atoms with Crippen molar-refractivity contribution in [3.8, 4) is 0 Å². The quantitative estimate of drug-likeness (QED) is 0.553. The van der Waals surface area contributed by atoms with Crippen molar-refractivity contribution in [2.45, 2.75) is 34.5 Å². The molecule has 0 aromatic rings. The number of rotatable bonds is 0. The molecule has 0 atom stereocenters. The topological polar surface area (TPSA) is 0 Å². The zero-order valence-electron chi connectivity index (χ0n) is 8.72. The molecule has 6 heteroatoms. The minimum atomic E-state index is -1.37. The van der Waals surface area contributed by atoms with E-state index in [0.29, 0.717) is 0 Å². The van der Waals surface area contributed by atoms with Gasteiger partial charge in [-0.2, -0.15) is 0 Å². The average molecular weight is 404 g/mol. The van der Waals surface area contributed by atoms with E-state index in [0.717, 1.165) is 0 Å². The van der Waals surface area contributed by atoms with Gasteiger partial charge in [0.05, 0.1) is 0 Å². The minimum absolute atomic E-state index is 1.37. The van der Waals surface area contributed by atoms with E-state index in [9.17, 15) is 0 Å². The molecule has 1 rings (SSSR count). The Balaban J connectivity index is 2.81. The summed E-state index contributed by atoms with van der Waals surface area (Å²) in [6, 6.07) is 0. The van der Waals surface area contributed by atoms with Gasteiger partial charge in [-0.05, 0) is 0 Å². The summed E-state index contributed by atoms with van der Waals surface area (Å²) in [5, 5.41) is 0. The Morgan fingerprint density at radius 1 is 0.500 bits per heavy atom. The second kappa shape index (κ2) is 3.92. The van der Waals surface area contributed by atoms with E-state index in [4.69, 9.17) is 0 Å². The summed E-state index contributed by atoms with van der Waals surface area (Å²) < 4.78 is 0. The van der Waals surface area contributed by atoms with E-state index < -0.39 is 32.9 Å². The second-order valence-corrected chi connectivity index (χ2v) is 82.5. The zero-order chi connectivity index (χ0) is 9.62. The molecule has 1 aliphatic rings. The van der Waals surface area contributed by atoms with Crippen LogP contribution in [0.5, 0.6) is 0 Å². The number of hydrogen-bond donors (Lipinski definition) is 0. The van der Waals surface area contributed by atoms with E-state index >= 15 is 0 Å². The maximum absolute atomic E-state index is 2.61. The molecule has 0 unspecified atom stereocenters. The fraction of sp³-hybridized carbons (Fsp3) is 1.00. The van der Waals surface area contributed by atoms with Crippen LogP contribution in [0.15, 0.2) is 0 Å². The molecule has 0 N–H and O–H groups in total. The molecule has 1 fully saturated rings. The summed E-state index contributed by atoms with van der Waals surface area (Å²) in [4.78, 5) is 0. The van der Waals surface area contributed by atoms with Crippen molar-refractivity contribution in [1.29, 1.82) is 0 Å². The van der Waals surface area contributed by atoms with E-state index in [-0.39, 0.29) is 0 Å². The molecule has 0 aromatic carbocycles. The van der Waals surface area contributed by atoms with Crippen molar-refractivity contribution in [3.63, 3.8) is 0 Å². The predicted molar refractivity (Wildman–Crippen MR) is 75.2 cm³/mol. The van der Waals surface area contributed by atoms with Gasteiger partial charge in [0.15, 0.2) is 0 Å². The first-order chi connectivity index (χ1) is 5.12. The molecule has 1 heterocycles. The molecular weight excluding hydrogens is 386 g/mol. The molecule has 0 bridgehead atoms. The van der Waals surface area contributed by atoms with Crippen LogP contribution < -0.4 is 0 Å². The van der Waals surface area contributed by atoms with Gasteiger partial charge in [-0.25, -0.2) is 0 Å². The summed E-state index contributed by atoms with van der Waals surface area (Å²) in [5.74, 6) is 15.6. The molecule has 0 spiro atoms. The van der Waals surface area contributed by atoms with Crippen LogP contribution in [0, 0.1) is 0 Å². The third-order valence-electron chi connectivity index (χ3n) is 1.47. The molecule has 0 amide bonds. The average Bonchev–Trinajstić information content (AvgIpc) is 1.44. The van der Waals surface area contributed by atoms with Gasteiger partial charge < -0.3 is 0 Å². The first-order valence-electron chi connectivity index (χ1n) is 4.22. The fourth-order valence-corrected chi connectivity index (χ4v) is 337. The first-order valence-corrected chi connectivity index (χ1v) is 34.7. The summed E-state index contributed by atoms with van der Waals surface area (Å²) in [5.41, 5.74) is 0. The van der Waals surface area contributed by atoms with Crippen LogP contribution in [-0.4, -0.2) is 32.9 Å². The standard InChI is InChI=1S/C6H18Ge3S3/c1-7(2)10-8(3,4)12-9(5,6)11-7/h1-6H3. The molecule has 0 radical (unpaired) electrons. The van der Waals surface area contributed by atoms with Crippen LogP contribution in [0.3, 0.4) is 0 Å². The van der Waals surface area contributed by atoms with Crippen LogP contribution in [0.4, 0.5) is 0 Å². The Morgan fingerprint density at radius 2 is 0.667 bits per heavy atom. The maximum atomic E-state index is 2.61. The summed E-state index contributed by atoms with van der Waals surface area (Å²) in [6.45, 7) is 0. The monoisotopic (exact) mass is 408 g/mol. The van der Waals surface area contributed by atoms with Gasteiger partial charge in [0.1, 0.15) is 0 Å². The van der Waals surface area contributed by atoms with Crippen LogP contribution in [0.1, 0.15) is 0 Å². The van der Waals surface area contributed by atoms with E-state index in [1.165, 1.54) is 0 Å². The Labute approximate surface area is 91.3 Å². The van der Waals surface area contributed by atoms with Gasteiger partial charge in [0.2, 0.25) is 0 Å². The second-order valence-electron chi connectivity index (χ2n) is 4.51. The first kappa shape index (κ1) is 12.7. The molecule has 1 saturated heterocycles. The van der Waals surface area contributed by atoms with Gasteiger partial charge in [-0.3, -0.25) is 0 Å². The fourth-order valence-electron chi connectivity index (χ4n) is 1.84. The molecular formula is C6H18Ge3S3. The Hall–Kier alpha value is 2.68. The van der Waals surface area contributed by atoms with Gasteiger partial charge in [-0.15, -0.1) is 0 Å². The van der Waals surface area contributed by atoms with E-state index in [1.54, 1.807) is 0 Å². The van der Waals surface area contributed by atoms with Gasteiger partial charge in [0.25, 0.3) is 0 Å². The Morgan fingerprint density at radius 3 is 0.833 bits per heavy atom. The SMILES string of the molecule is [CH3][Ge]1([CH3])[S][Ge]([CH3])([CH3])[S][Ge]([CH3])([CH3])[S]1. The zero-order valence-corrected chi connectivity index (χ0v) is 17.5. The van der Waals surface area contributed by atoms with Crippen molar-refractivity contribution in [1.82, 2.24) is 0 Å². The molecule has 12 heavy (non-hydrogen) atoms. The molecule has 72 valence electrons. The predicted octanol–water partition coefficient (Wildman–Crippen LogP) is 4.31. The third kappa shape index (κ3) is 4.04. The van der Waals surface area contributed by atoms with Crippen molar-refractivity contribution in [3.05, 3.63) is 0 Å². The molecule has 0 aromatic heterocycles. The number of hydrogen-bond acceptors (Lipinski definition) is 3. The molecule has 0 nitrogen and oxygen atoms in total. The molecule has 0 saturated carbocycles. The Kier molecular flexibility index (Phi) is 4.17. The Bertz CT molecular complexity index is 145. The normalized spacial score (nSPS) is 31.5. The summed E-state index contributed by atoms with van der Waals surface area (Å²) >= 11 is 0. The van der Waals surface area contributed by atoms with Crippen molar-refractivity contribution in [2.24, 2.45) is 0 Å². The van der Waals surface area contributed by atoms with Crippen molar-refractivity contribution in [2.75, 3.05) is 0 Å². The van der Waals surface area contributed by atoms with Crippen molar-refractivity contribution >= 4 is 58.2 Å².